The Balaban J connectivity index is 3.39. The molecule has 3 N–H and O–H groups in total. The summed E-state index contributed by atoms with van der Waals surface area (Å²) in [6.45, 7) is 3.35. The summed E-state index contributed by atoms with van der Waals surface area (Å²) < 4.78 is 0. The molecule has 0 radical (unpaired) electrons. The highest BCUT2D eigenvalue weighted by atomic mass is 16.2. The smallest absolute Gasteiger partial charge is 0.233 e. The van der Waals surface area contributed by atoms with Gasteiger partial charge in [-0.05, 0) is 6.92 Å². The van der Waals surface area contributed by atoms with Gasteiger partial charge in [-0.1, -0.05) is 5.92 Å². The molecule has 0 atom stereocenters. The lowest BCUT2D eigenvalue weighted by molar-refractivity contribution is -0.121. The summed E-state index contributed by atoms with van der Waals surface area (Å²) >= 11 is 0. The first kappa shape index (κ1) is 13.5. The van der Waals surface area contributed by atoms with Gasteiger partial charge in [0.05, 0.1) is 13.1 Å². The highest BCUT2D eigenvalue weighted by molar-refractivity contribution is 5.80. The van der Waals surface area contributed by atoms with Crippen LogP contribution in [0.2, 0.25) is 0 Å². The van der Waals surface area contributed by atoms with Crippen molar-refractivity contribution in [2.45, 2.75) is 13.3 Å². The molecule has 0 bridgehead atoms. The van der Waals surface area contributed by atoms with Crippen LogP contribution in [0, 0.1) is 12.3 Å². The Hall–Kier alpha value is -1.54. The van der Waals surface area contributed by atoms with Crippen molar-refractivity contribution >= 4 is 11.8 Å². The van der Waals surface area contributed by atoms with Gasteiger partial charge in [-0.2, -0.15) is 0 Å². The van der Waals surface area contributed by atoms with Crippen molar-refractivity contribution in [3.05, 3.63) is 0 Å². The molecule has 0 aromatic heterocycles. The fourth-order valence-corrected chi connectivity index (χ4v) is 0.912. The van der Waals surface area contributed by atoms with Gasteiger partial charge in [-0.3, -0.25) is 14.9 Å². The van der Waals surface area contributed by atoms with Gasteiger partial charge < -0.3 is 10.6 Å². The Kier molecular flexibility index (Phi) is 8.10. The molecule has 2 amide bonds. The molecule has 0 rings (SSSR count). The molecular weight excluding hydrogens is 194 g/mol. The monoisotopic (exact) mass is 211 g/mol. The summed E-state index contributed by atoms with van der Waals surface area (Å²) in [6.07, 6.45) is 5.29. The standard InChI is InChI=1S/C10H17N3O2/c1-3-6-11-8-10(15)13-7-5-9(14)12-4-2/h1,11H,4-8H2,2H3,(H,12,14)(H,13,15). The molecule has 15 heavy (non-hydrogen) atoms. The lowest BCUT2D eigenvalue weighted by Crippen LogP contribution is -2.36. The van der Waals surface area contributed by atoms with Crippen LogP contribution in [0.25, 0.3) is 0 Å². The SMILES string of the molecule is C#CCNCC(=O)NCCC(=O)NCC. The van der Waals surface area contributed by atoms with Crippen LogP contribution in [0.3, 0.4) is 0 Å². The second kappa shape index (κ2) is 9.03. The molecule has 0 aromatic carbocycles. The average Bonchev–Trinajstić information content (AvgIpc) is 2.18. The van der Waals surface area contributed by atoms with E-state index >= 15 is 0 Å². The topological polar surface area (TPSA) is 70.2 Å². The fraction of sp³-hybridized carbons (Fsp3) is 0.600. The van der Waals surface area contributed by atoms with Crippen LogP contribution in [0.4, 0.5) is 0 Å². The highest BCUT2D eigenvalue weighted by Gasteiger charge is 2.01. The fourth-order valence-electron chi connectivity index (χ4n) is 0.912. The summed E-state index contributed by atoms with van der Waals surface area (Å²) in [6, 6.07) is 0. The number of carbonyl (C=O) groups excluding carboxylic acids is 2. The predicted molar refractivity (Wildman–Crippen MR) is 58.0 cm³/mol. The summed E-state index contributed by atoms with van der Waals surface area (Å²) in [5.41, 5.74) is 0. The van der Waals surface area contributed by atoms with E-state index < -0.39 is 0 Å². The second-order valence-corrected chi connectivity index (χ2v) is 2.86. The van der Waals surface area contributed by atoms with Crippen molar-refractivity contribution < 1.29 is 9.59 Å². The molecule has 5 nitrogen and oxygen atoms in total. The number of hydrogen-bond acceptors (Lipinski definition) is 3. The van der Waals surface area contributed by atoms with Crippen LogP contribution in [0.1, 0.15) is 13.3 Å². The third kappa shape index (κ3) is 8.78. The number of amides is 2. The number of carbonyl (C=O) groups is 2. The maximum atomic E-state index is 11.1. The lowest BCUT2D eigenvalue weighted by atomic mass is 10.4. The van der Waals surface area contributed by atoms with Gasteiger partial charge in [-0.15, -0.1) is 6.42 Å². The molecule has 5 heteroatoms. The Morgan fingerprint density at radius 1 is 1.27 bits per heavy atom. The van der Waals surface area contributed by atoms with Crippen LogP contribution in [0.5, 0.6) is 0 Å². The zero-order chi connectivity index (χ0) is 11.5. The van der Waals surface area contributed by atoms with E-state index in [1.165, 1.54) is 0 Å². The maximum Gasteiger partial charge on any atom is 0.233 e. The third-order valence-electron chi connectivity index (χ3n) is 1.56. The number of rotatable bonds is 7. The summed E-state index contributed by atoms with van der Waals surface area (Å²) in [5, 5.41) is 7.99. The van der Waals surface area contributed by atoms with E-state index in [1.54, 1.807) is 0 Å². The molecule has 0 aromatic rings. The molecule has 0 spiro atoms. The summed E-state index contributed by atoms with van der Waals surface area (Å²) in [4.78, 5) is 22.1. The normalized spacial score (nSPS) is 9.07. The van der Waals surface area contributed by atoms with Crippen LogP contribution < -0.4 is 16.0 Å². The van der Waals surface area contributed by atoms with Gasteiger partial charge in [0.2, 0.25) is 11.8 Å². The van der Waals surface area contributed by atoms with E-state index in [-0.39, 0.29) is 18.4 Å². The van der Waals surface area contributed by atoms with Gasteiger partial charge in [0, 0.05) is 19.5 Å². The number of hydrogen-bond donors (Lipinski definition) is 3. The molecule has 0 saturated carbocycles. The van der Waals surface area contributed by atoms with Gasteiger partial charge >= 0.3 is 0 Å². The molecule has 0 fully saturated rings. The molecule has 0 saturated heterocycles. The predicted octanol–water partition coefficient (Wildman–Crippen LogP) is -1.15. The Morgan fingerprint density at radius 3 is 2.60 bits per heavy atom. The maximum absolute atomic E-state index is 11.1. The van der Waals surface area contributed by atoms with E-state index in [2.05, 4.69) is 21.9 Å². The summed E-state index contributed by atoms with van der Waals surface area (Å²) in [7, 11) is 0. The largest absolute Gasteiger partial charge is 0.356 e. The quantitative estimate of drug-likeness (QED) is 0.368. The zero-order valence-electron chi connectivity index (χ0n) is 8.93. The molecular formula is C10H17N3O2. The average molecular weight is 211 g/mol. The first-order valence-electron chi connectivity index (χ1n) is 4.88. The van der Waals surface area contributed by atoms with Crippen LogP contribution in [-0.4, -0.2) is 38.0 Å². The van der Waals surface area contributed by atoms with Crippen LogP contribution >= 0.6 is 0 Å². The van der Waals surface area contributed by atoms with E-state index in [9.17, 15) is 9.59 Å². The first-order chi connectivity index (χ1) is 7.20. The van der Waals surface area contributed by atoms with E-state index in [1.807, 2.05) is 6.92 Å². The van der Waals surface area contributed by atoms with E-state index in [4.69, 9.17) is 6.42 Å². The first-order valence-corrected chi connectivity index (χ1v) is 4.88. The van der Waals surface area contributed by atoms with E-state index in [0.717, 1.165) is 0 Å². The summed E-state index contributed by atoms with van der Waals surface area (Å²) in [5.74, 6) is 2.14. The Bertz CT molecular complexity index is 246. The highest BCUT2D eigenvalue weighted by Crippen LogP contribution is 1.76. The van der Waals surface area contributed by atoms with Crippen LogP contribution in [0.15, 0.2) is 0 Å². The molecule has 0 aliphatic rings. The zero-order valence-corrected chi connectivity index (χ0v) is 8.93. The Labute approximate surface area is 90.0 Å². The minimum absolute atomic E-state index is 0.0608. The van der Waals surface area contributed by atoms with Gasteiger partial charge in [0.15, 0.2) is 0 Å². The van der Waals surface area contributed by atoms with Crippen molar-refractivity contribution in [1.29, 1.82) is 0 Å². The molecule has 0 heterocycles. The molecule has 0 unspecified atom stereocenters. The lowest BCUT2D eigenvalue weighted by Gasteiger charge is -2.05. The minimum Gasteiger partial charge on any atom is -0.356 e. The van der Waals surface area contributed by atoms with Gasteiger partial charge in [0.25, 0.3) is 0 Å². The number of nitrogens with one attached hydrogen (secondary N) is 3. The molecule has 0 aliphatic carbocycles. The third-order valence-corrected chi connectivity index (χ3v) is 1.56. The second-order valence-electron chi connectivity index (χ2n) is 2.86. The van der Waals surface area contributed by atoms with E-state index in [0.29, 0.717) is 26.1 Å². The Morgan fingerprint density at radius 2 is 2.00 bits per heavy atom. The minimum atomic E-state index is -0.158. The number of terminal acetylenes is 1. The molecule has 84 valence electrons. The van der Waals surface area contributed by atoms with Gasteiger partial charge in [0.1, 0.15) is 0 Å². The van der Waals surface area contributed by atoms with Crippen molar-refractivity contribution in [1.82, 2.24) is 16.0 Å². The van der Waals surface area contributed by atoms with Crippen molar-refractivity contribution in [2.24, 2.45) is 0 Å². The van der Waals surface area contributed by atoms with Crippen LogP contribution in [-0.2, 0) is 9.59 Å². The van der Waals surface area contributed by atoms with Crippen molar-refractivity contribution in [2.75, 3.05) is 26.2 Å². The van der Waals surface area contributed by atoms with Crippen molar-refractivity contribution in [3.63, 3.8) is 0 Å². The van der Waals surface area contributed by atoms with Gasteiger partial charge in [-0.25, -0.2) is 0 Å². The van der Waals surface area contributed by atoms with Crippen molar-refractivity contribution in [3.8, 4) is 12.3 Å². The molecule has 0 aliphatic heterocycles.